The predicted octanol–water partition coefficient (Wildman–Crippen LogP) is -0.393. The van der Waals surface area contributed by atoms with Crippen molar-refractivity contribution in [1.29, 1.82) is 0 Å². The van der Waals surface area contributed by atoms with Gasteiger partial charge in [-0.3, -0.25) is 0 Å². The van der Waals surface area contributed by atoms with Gasteiger partial charge in [-0.2, -0.15) is 0 Å². The van der Waals surface area contributed by atoms with Crippen molar-refractivity contribution in [3.63, 3.8) is 0 Å². The number of hydrogen-bond donors (Lipinski definition) is 1. The van der Waals surface area contributed by atoms with Crippen molar-refractivity contribution in [2.45, 2.75) is 25.4 Å². The maximum absolute atomic E-state index is 11.2. The molecule has 0 saturated carbocycles. The van der Waals surface area contributed by atoms with Crippen molar-refractivity contribution in [3.05, 3.63) is 0 Å². The summed E-state index contributed by atoms with van der Waals surface area (Å²) >= 11 is 0. The Kier molecular flexibility index (Phi) is 4.36. The number of rotatable bonds is 5. The first-order valence-electron chi connectivity index (χ1n) is 5.24. The van der Waals surface area contributed by atoms with Gasteiger partial charge < -0.3 is 5.11 Å². The lowest BCUT2D eigenvalue weighted by molar-refractivity contribution is 0.143. The van der Waals surface area contributed by atoms with Crippen LogP contribution in [0.15, 0.2) is 0 Å². The van der Waals surface area contributed by atoms with Crippen LogP contribution in [0.2, 0.25) is 0 Å². The third kappa shape index (κ3) is 5.27. The molecule has 1 fully saturated rings. The highest BCUT2D eigenvalue weighted by atomic mass is 32.2. The van der Waals surface area contributed by atoms with Crippen molar-refractivity contribution in [2.24, 2.45) is 5.92 Å². The Morgan fingerprint density at radius 3 is 2.50 bits per heavy atom. The molecule has 0 aromatic carbocycles. The standard InChI is InChI=1S/C9H18O5S2/c1-15(11,12)4-3-9(10)6-8-2-5-16(13,14)7-8/h8-10H,2-7H2,1H3. The predicted molar refractivity (Wildman–Crippen MR) is 61.7 cm³/mol. The van der Waals surface area contributed by atoms with E-state index in [1.54, 1.807) is 0 Å². The van der Waals surface area contributed by atoms with Crippen LogP contribution in [0.4, 0.5) is 0 Å². The van der Waals surface area contributed by atoms with Crippen LogP contribution in [0.25, 0.3) is 0 Å². The molecule has 5 nitrogen and oxygen atoms in total. The van der Waals surface area contributed by atoms with Crippen LogP contribution in [0.5, 0.6) is 0 Å². The molecular weight excluding hydrogens is 252 g/mol. The van der Waals surface area contributed by atoms with Gasteiger partial charge in [-0.25, -0.2) is 16.8 Å². The average molecular weight is 270 g/mol. The minimum Gasteiger partial charge on any atom is -0.393 e. The van der Waals surface area contributed by atoms with Crippen molar-refractivity contribution in [1.82, 2.24) is 0 Å². The van der Waals surface area contributed by atoms with Gasteiger partial charge in [0.15, 0.2) is 9.84 Å². The molecule has 0 amide bonds. The first-order valence-corrected chi connectivity index (χ1v) is 9.12. The maximum Gasteiger partial charge on any atom is 0.150 e. The Morgan fingerprint density at radius 1 is 1.44 bits per heavy atom. The lowest BCUT2D eigenvalue weighted by Crippen LogP contribution is -2.18. The van der Waals surface area contributed by atoms with Crippen LogP contribution in [0.1, 0.15) is 19.3 Å². The molecule has 1 aliphatic rings. The second kappa shape index (κ2) is 5.01. The highest BCUT2D eigenvalue weighted by molar-refractivity contribution is 7.91. The van der Waals surface area contributed by atoms with Gasteiger partial charge in [-0.1, -0.05) is 0 Å². The van der Waals surface area contributed by atoms with Crippen molar-refractivity contribution >= 4 is 19.7 Å². The van der Waals surface area contributed by atoms with Crippen molar-refractivity contribution in [2.75, 3.05) is 23.5 Å². The molecule has 7 heteroatoms. The van der Waals surface area contributed by atoms with Crippen LogP contribution in [-0.4, -0.2) is 51.6 Å². The molecular formula is C9H18O5S2. The van der Waals surface area contributed by atoms with E-state index in [2.05, 4.69) is 0 Å². The second-order valence-corrected chi connectivity index (χ2v) is 9.07. The van der Waals surface area contributed by atoms with E-state index in [0.29, 0.717) is 12.8 Å². The van der Waals surface area contributed by atoms with E-state index in [-0.39, 0.29) is 29.6 Å². The molecule has 1 rings (SSSR count). The smallest absolute Gasteiger partial charge is 0.150 e. The quantitative estimate of drug-likeness (QED) is 0.735. The second-order valence-electron chi connectivity index (χ2n) is 4.58. The van der Waals surface area contributed by atoms with Gasteiger partial charge >= 0.3 is 0 Å². The molecule has 0 aromatic heterocycles. The fourth-order valence-corrected chi connectivity index (χ4v) is 4.49. The van der Waals surface area contributed by atoms with Crippen LogP contribution >= 0.6 is 0 Å². The van der Waals surface area contributed by atoms with Crippen LogP contribution in [0.3, 0.4) is 0 Å². The highest BCUT2D eigenvalue weighted by Gasteiger charge is 2.29. The zero-order chi connectivity index (χ0) is 12.4. The third-order valence-corrected chi connectivity index (χ3v) is 5.57. The summed E-state index contributed by atoms with van der Waals surface area (Å²) in [5, 5.41) is 9.58. The molecule has 2 unspecified atom stereocenters. The van der Waals surface area contributed by atoms with Crippen LogP contribution < -0.4 is 0 Å². The van der Waals surface area contributed by atoms with E-state index >= 15 is 0 Å². The maximum atomic E-state index is 11.2. The summed E-state index contributed by atoms with van der Waals surface area (Å²) in [5.74, 6) is 0.257. The fraction of sp³-hybridized carbons (Fsp3) is 1.00. The van der Waals surface area contributed by atoms with Crippen molar-refractivity contribution in [3.8, 4) is 0 Å². The van der Waals surface area contributed by atoms with Crippen LogP contribution in [-0.2, 0) is 19.7 Å². The van der Waals surface area contributed by atoms with Gasteiger partial charge in [0.05, 0.1) is 23.4 Å². The Hall–Kier alpha value is -0.140. The monoisotopic (exact) mass is 270 g/mol. The summed E-state index contributed by atoms with van der Waals surface area (Å²) in [6, 6.07) is 0. The molecule has 2 atom stereocenters. The molecule has 1 saturated heterocycles. The van der Waals surface area contributed by atoms with Gasteiger partial charge in [0.25, 0.3) is 0 Å². The van der Waals surface area contributed by atoms with Gasteiger partial charge in [0.2, 0.25) is 0 Å². The average Bonchev–Trinajstić information content (AvgIpc) is 2.41. The molecule has 0 aliphatic carbocycles. The Morgan fingerprint density at radius 2 is 2.06 bits per heavy atom. The van der Waals surface area contributed by atoms with E-state index in [1.807, 2.05) is 0 Å². The number of sulfone groups is 2. The Balaban J connectivity index is 2.33. The van der Waals surface area contributed by atoms with Gasteiger partial charge in [0, 0.05) is 6.26 Å². The summed E-state index contributed by atoms with van der Waals surface area (Å²) in [4.78, 5) is 0. The minimum absolute atomic E-state index is 0.0143. The highest BCUT2D eigenvalue weighted by Crippen LogP contribution is 2.23. The minimum atomic E-state index is -3.05. The third-order valence-electron chi connectivity index (χ3n) is 2.75. The summed E-state index contributed by atoms with van der Waals surface area (Å²) in [7, 11) is -5.97. The first-order chi connectivity index (χ1) is 7.18. The molecule has 0 radical (unpaired) electrons. The molecule has 96 valence electrons. The topological polar surface area (TPSA) is 88.5 Å². The zero-order valence-corrected chi connectivity index (χ0v) is 10.9. The van der Waals surface area contributed by atoms with Gasteiger partial charge in [-0.15, -0.1) is 0 Å². The molecule has 1 heterocycles. The van der Waals surface area contributed by atoms with E-state index in [0.717, 1.165) is 6.26 Å². The lowest BCUT2D eigenvalue weighted by Gasteiger charge is -2.13. The normalized spacial score (nSPS) is 26.8. The summed E-state index contributed by atoms with van der Waals surface area (Å²) in [6.07, 6.45) is 1.57. The molecule has 0 aromatic rings. The molecule has 1 N–H and O–H groups in total. The fourth-order valence-electron chi connectivity index (χ4n) is 1.91. The van der Waals surface area contributed by atoms with Gasteiger partial charge in [0.1, 0.15) is 9.84 Å². The lowest BCUT2D eigenvalue weighted by atomic mass is 10.00. The zero-order valence-electron chi connectivity index (χ0n) is 9.29. The molecule has 16 heavy (non-hydrogen) atoms. The van der Waals surface area contributed by atoms with E-state index in [9.17, 15) is 21.9 Å². The summed E-state index contributed by atoms with van der Waals surface area (Å²) in [6.45, 7) is 0. The van der Waals surface area contributed by atoms with E-state index < -0.39 is 25.8 Å². The molecule has 1 aliphatic heterocycles. The van der Waals surface area contributed by atoms with Crippen molar-refractivity contribution < 1.29 is 21.9 Å². The van der Waals surface area contributed by atoms with E-state index in [1.165, 1.54) is 0 Å². The van der Waals surface area contributed by atoms with Crippen LogP contribution in [0, 0.1) is 5.92 Å². The van der Waals surface area contributed by atoms with E-state index in [4.69, 9.17) is 0 Å². The first kappa shape index (κ1) is 13.9. The number of hydrogen-bond acceptors (Lipinski definition) is 5. The summed E-state index contributed by atoms with van der Waals surface area (Å²) < 4.78 is 44.1. The Labute approximate surface area is 96.7 Å². The number of aliphatic hydroxyl groups is 1. The SMILES string of the molecule is CS(=O)(=O)CCC(O)CC1CCS(=O)(=O)C1. The number of aliphatic hydroxyl groups excluding tert-OH is 1. The van der Waals surface area contributed by atoms with Gasteiger partial charge in [-0.05, 0) is 25.2 Å². The Bertz CT molecular complexity index is 423. The summed E-state index contributed by atoms with van der Waals surface area (Å²) in [5.41, 5.74) is 0. The molecule has 0 spiro atoms. The largest absolute Gasteiger partial charge is 0.393 e. The molecule has 0 bridgehead atoms.